The monoisotopic (exact) mass is 292 g/mol. The molecule has 0 heterocycles. The van der Waals surface area contributed by atoms with Crippen molar-refractivity contribution in [3.8, 4) is 0 Å². The summed E-state index contributed by atoms with van der Waals surface area (Å²) in [4.78, 5) is 12.2. The van der Waals surface area contributed by atoms with Crippen molar-refractivity contribution in [2.45, 2.75) is 13.8 Å². The van der Waals surface area contributed by atoms with Gasteiger partial charge in [-0.2, -0.15) is 0 Å². The van der Waals surface area contributed by atoms with Crippen LogP contribution in [-0.4, -0.2) is 5.91 Å². The number of carbonyl (C=O) groups excluding carboxylic acids is 1. The molecule has 5 heteroatoms. The molecule has 0 aromatic heterocycles. The molecule has 2 rings (SSSR count). The third-order valence-electron chi connectivity index (χ3n) is 3.03. The summed E-state index contributed by atoms with van der Waals surface area (Å²) in [5, 5.41) is 2.85. The Hall–Kier alpha value is -2.07. The summed E-state index contributed by atoms with van der Waals surface area (Å²) in [5.74, 6) is -0.962. The molecule has 104 valence electrons. The van der Waals surface area contributed by atoms with Gasteiger partial charge in [-0.25, -0.2) is 4.39 Å². The molecule has 0 bridgehead atoms. The highest BCUT2D eigenvalue weighted by Crippen LogP contribution is 2.22. The Bertz CT molecular complexity index is 686. The number of benzene rings is 2. The van der Waals surface area contributed by atoms with Gasteiger partial charge in [-0.3, -0.25) is 4.79 Å². The van der Waals surface area contributed by atoms with Gasteiger partial charge in [0.25, 0.3) is 5.91 Å². The lowest BCUT2D eigenvalue weighted by molar-refractivity contribution is 0.102. The number of nitrogens with one attached hydrogen (secondary N) is 1. The minimum absolute atomic E-state index is 0.0426. The molecule has 1 amide bonds. The maximum Gasteiger partial charge on any atom is 0.256 e. The lowest BCUT2D eigenvalue weighted by Crippen LogP contribution is -2.15. The van der Waals surface area contributed by atoms with Crippen molar-refractivity contribution in [1.82, 2.24) is 0 Å². The van der Waals surface area contributed by atoms with E-state index in [0.717, 1.165) is 11.1 Å². The lowest BCUT2D eigenvalue weighted by atomic mass is 10.0. The molecule has 0 spiro atoms. The molecule has 0 radical (unpaired) electrons. The van der Waals surface area contributed by atoms with Crippen LogP contribution in [0.1, 0.15) is 21.5 Å². The highest BCUT2D eigenvalue weighted by molar-refractivity contribution is 6.31. The topological polar surface area (TPSA) is 55.1 Å². The molecular weight excluding hydrogens is 279 g/mol. The summed E-state index contributed by atoms with van der Waals surface area (Å²) in [7, 11) is 0. The van der Waals surface area contributed by atoms with E-state index in [9.17, 15) is 9.18 Å². The predicted octanol–water partition coefficient (Wildman–Crippen LogP) is 3.93. The van der Waals surface area contributed by atoms with Crippen LogP contribution in [0, 0.1) is 19.7 Å². The van der Waals surface area contributed by atoms with E-state index in [2.05, 4.69) is 5.32 Å². The van der Waals surface area contributed by atoms with Crippen molar-refractivity contribution in [3.05, 3.63) is 57.9 Å². The summed E-state index contributed by atoms with van der Waals surface area (Å²) in [6, 6.07) is 7.39. The first-order valence-electron chi connectivity index (χ1n) is 6.01. The van der Waals surface area contributed by atoms with Gasteiger partial charge in [-0.1, -0.05) is 17.7 Å². The third-order valence-corrected chi connectivity index (χ3v) is 3.27. The number of hydrogen-bond acceptors (Lipinski definition) is 2. The average molecular weight is 293 g/mol. The first-order chi connectivity index (χ1) is 9.38. The zero-order valence-electron chi connectivity index (χ0n) is 11.1. The van der Waals surface area contributed by atoms with E-state index in [-0.39, 0.29) is 5.69 Å². The van der Waals surface area contributed by atoms with Crippen LogP contribution in [0.2, 0.25) is 5.02 Å². The Morgan fingerprint density at radius 1 is 1.20 bits per heavy atom. The van der Waals surface area contributed by atoms with Gasteiger partial charge >= 0.3 is 0 Å². The maximum atomic E-state index is 13.6. The van der Waals surface area contributed by atoms with Gasteiger partial charge in [-0.15, -0.1) is 0 Å². The van der Waals surface area contributed by atoms with E-state index in [1.807, 2.05) is 13.0 Å². The predicted molar refractivity (Wildman–Crippen MR) is 79.7 cm³/mol. The van der Waals surface area contributed by atoms with Crippen molar-refractivity contribution in [2.75, 3.05) is 11.1 Å². The molecule has 0 unspecified atom stereocenters. The van der Waals surface area contributed by atoms with E-state index in [0.29, 0.717) is 16.3 Å². The molecule has 0 aliphatic heterocycles. The molecule has 20 heavy (non-hydrogen) atoms. The van der Waals surface area contributed by atoms with Gasteiger partial charge in [0.05, 0.1) is 5.69 Å². The molecular formula is C15H14ClFN2O. The number of halogens is 2. The summed E-state index contributed by atoms with van der Waals surface area (Å²) < 4.78 is 13.6. The quantitative estimate of drug-likeness (QED) is 0.824. The molecule has 2 aromatic rings. The van der Waals surface area contributed by atoms with Crippen LogP contribution >= 0.6 is 11.6 Å². The number of nitrogens with two attached hydrogens (primary N) is 1. The van der Waals surface area contributed by atoms with E-state index in [4.69, 9.17) is 17.3 Å². The first kappa shape index (κ1) is 14.3. The largest absolute Gasteiger partial charge is 0.398 e. The normalized spacial score (nSPS) is 10.4. The van der Waals surface area contributed by atoms with Crippen molar-refractivity contribution in [2.24, 2.45) is 0 Å². The van der Waals surface area contributed by atoms with Gasteiger partial charge in [0, 0.05) is 16.3 Å². The van der Waals surface area contributed by atoms with Gasteiger partial charge in [0.15, 0.2) is 0 Å². The fraction of sp³-hybridized carbons (Fsp3) is 0.133. The molecule has 0 aliphatic carbocycles. The van der Waals surface area contributed by atoms with Crippen LogP contribution in [-0.2, 0) is 0 Å². The zero-order valence-corrected chi connectivity index (χ0v) is 11.9. The Morgan fingerprint density at radius 2 is 1.90 bits per heavy atom. The number of hydrogen-bond donors (Lipinski definition) is 2. The smallest absolute Gasteiger partial charge is 0.256 e. The summed E-state index contributed by atoms with van der Waals surface area (Å²) >= 11 is 5.79. The van der Waals surface area contributed by atoms with E-state index >= 15 is 0 Å². The molecule has 0 atom stereocenters. The molecule has 3 nitrogen and oxygen atoms in total. The van der Waals surface area contributed by atoms with Gasteiger partial charge < -0.3 is 11.1 Å². The van der Waals surface area contributed by atoms with Crippen molar-refractivity contribution >= 4 is 28.9 Å². The highest BCUT2D eigenvalue weighted by Gasteiger charge is 2.13. The second kappa shape index (κ2) is 5.51. The number of anilines is 2. The number of nitrogen functional groups attached to an aromatic ring is 1. The van der Waals surface area contributed by atoms with Crippen molar-refractivity contribution in [3.63, 3.8) is 0 Å². The zero-order chi connectivity index (χ0) is 14.9. The summed E-state index contributed by atoms with van der Waals surface area (Å²) in [5.41, 5.74) is 8.44. The van der Waals surface area contributed by atoms with Gasteiger partial charge in [0.2, 0.25) is 0 Å². The Balaban J connectivity index is 2.33. The number of aryl methyl sites for hydroxylation is 2. The van der Waals surface area contributed by atoms with E-state index in [1.165, 1.54) is 18.2 Å². The fourth-order valence-corrected chi connectivity index (χ4v) is 2.07. The Morgan fingerprint density at radius 3 is 2.60 bits per heavy atom. The molecule has 0 fully saturated rings. The molecule has 0 aliphatic rings. The Kier molecular flexibility index (Phi) is 3.95. The van der Waals surface area contributed by atoms with Crippen molar-refractivity contribution in [1.29, 1.82) is 0 Å². The molecule has 2 aromatic carbocycles. The van der Waals surface area contributed by atoms with Crippen LogP contribution in [0.25, 0.3) is 0 Å². The standard InChI is InChI=1S/C15H14ClFN2O/c1-8-5-9(2)13(18)7-11(8)15(20)19-14-6-10(16)3-4-12(14)17/h3-7H,18H2,1-2H3,(H,19,20). The van der Waals surface area contributed by atoms with Crippen LogP contribution in [0.3, 0.4) is 0 Å². The average Bonchev–Trinajstić information content (AvgIpc) is 2.38. The molecule has 3 N–H and O–H groups in total. The van der Waals surface area contributed by atoms with E-state index in [1.54, 1.807) is 13.0 Å². The summed E-state index contributed by atoms with van der Waals surface area (Å²) in [6.07, 6.45) is 0. The van der Waals surface area contributed by atoms with Crippen LogP contribution in [0.5, 0.6) is 0 Å². The van der Waals surface area contributed by atoms with Gasteiger partial charge in [-0.05, 0) is 49.2 Å². The summed E-state index contributed by atoms with van der Waals surface area (Å²) in [6.45, 7) is 3.66. The Labute approximate surface area is 121 Å². The minimum Gasteiger partial charge on any atom is -0.398 e. The third kappa shape index (κ3) is 2.91. The van der Waals surface area contributed by atoms with Crippen LogP contribution in [0.15, 0.2) is 30.3 Å². The van der Waals surface area contributed by atoms with E-state index < -0.39 is 11.7 Å². The highest BCUT2D eigenvalue weighted by atomic mass is 35.5. The maximum absolute atomic E-state index is 13.6. The fourth-order valence-electron chi connectivity index (χ4n) is 1.90. The first-order valence-corrected chi connectivity index (χ1v) is 6.39. The van der Waals surface area contributed by atoms with Gasteiger partial charge in [0.1, 0.15) is 5.82 Å². The SMILES string of the molecule is Cc1cc(C)c(C(=O)Nc2cc(Cl)ccc2F)cc1N. The second-order valence-electron chi connectivity index (χ2n) is 4.60. The minimum atomic E-state index is -0.541. The number of amides is 1. The second-order valence-corrected chi connectivity index (χ2v) is 5.04. The van der Waals surface area contributed by atoms with Crippen molar-refractivity contribution < 1.29 is 9.18 Å². The molecule has 0 saturated carbocycles. The number of rotatable bonds is 2. The van der Waals surface area contributed by atoms with Crippen LogP contribution in [0.4, 0.5) is 15.8 Å². The number of carbonyl (C=O) groups is 1. The lowest BCUT2D eigenvalue weighted by Gasteiger charge is -2.11. The van der Waals surface area contributed by atoms with Crippen LogP contribution < -0.4 is 11.1 Å². The molecule has 0 saturated heterocycles.